The zero-order valence-electron chi connectivity index (χ0n) is 8.81. The van der Waals surface area contributed by atoms with E-state index in [0.29, 0.717) is 13.0 Å². The molecule has 84 valence electrons. The minimum atomic E-state index is 0.107. The Morgan fingerprint density at radius 1 is 1.53 bits per heavy atom. The second kappa shape index (κ2) is 5.92. The van der Waals surface area contributed by atoms with Crippen LogP contribution in [0.5, 0.6) is 5.75 Å². The first-order valence-corrected chi connectivity index (χ1v) is 6.28. The first kappa shape index (κ1) is 13.1. The molecule has 0 radical (unpaired) electrons. The van der Waals surface area contributed by atoms with Crippen molar-refractivity contribution in [3.05, 3.63) is 25.8 Å². The van der Waals surface area contributed by atoms with E-state index in [1.807, 2.05) is 19.9 Å². The molecule has 1 aromatic rings. The number of hydrogen-bond acceptors (Lipinski definition) is 2. The Morgan fingerprint density at radius 2 is 2.20 bits per heavy atom. The van der Waals surface area contributed by atoms with Crippen molar-refractivity contribution >= 4 is 34.2 Å². The highest BCUT2D eigenvalue weighted by Crippen LogP contribution is 2.33. The molecule has 0 atom stereocenters. The van der Waals surface area contributed by atoms with E-state index in [2.05, 4.69) is 22.6 Å². The van der Waals surface area contributed by atoms with Crippen molar-refractivity contribution in [2.24, 2.45) is 0 Å². The van der Waals surface area contributed by atoms with Gasteiger partial charge in [0.1, 0.15) is 5.75 Å². The Kier molecular flexibility index (Phi) is 5.15. The zero-order chi connectivity index (χ0) is 11.4. The van der Waals surface area contributed by atoms with Crippen molar-refractivity contribution in [2.45, 2.75) is 20.3 Å². The fourth-order valence-corrected chi connectivity index (χ4v) is 2.53. The quantitative estimate of drug-likeness (QED) is 0.853. The average molecular weight is 341 g/mol. The zero-order valence-corrected chi connectivity index (χ0v) is 11.7. The third-order valence-corrected chi connectivity index (χ3v) is 3.84. The Balaban J connectivity index is 3.23. The first-order valence-electron chi connectivity index (χ1n) is 4.83. The lowest BCUT2D eigenvalue weighted by atomic mass is 10.1. The van der Waals surface area contributed by atoms with Gasteiger partial charge in [-0.1, -0.05) is 11.6 Å². The van der Waals surface area contributed by atoms with Crippen molar-refractivity contribution in [1.82, 2.24) is 0 Å². The Labute approximate surface area is 109 Å². The van der Waals surface area contributed by atoms with Crippen LogP contribution in [0, 0.1) is 10.5 Å². The molecule has 0 amide bonds. The van der Waals surface area contributed by atoms with Gasteiger partial charge >= 0.3 is 0 Å². The predicted octanol–water partition coefficient (Wildman–Crippen LogP) is 3.19. The highest BCUT2D eigenvalue weighted by atomic mass is 127. The maximum absolute atomic E-state index is 8.96. The fraction of sp³-hybridized carbons (Fsp3) is 0.455. The van der Waals surface area contributed by atoms with E-state index < -0.39 is 0 Å². The molecule has 0 saturated heterocycles. The average Bonchev–Trinajstić information content (AvgIpc) is 2.21. The number of aliphatic hydroxyl groups excluding tert-OH is 1. The largest absolute Gasteiger partial charge is 0.492 e. The van der Waals surface area contributed by atoms with Crippen molar-refractivity contribution in [3.63, 3.8) is 0 Å². The maximum Gasteiger partial charge on any atom is 0.136 e. The normalized spacial score (nSPS) is 10.5. The van der Waals surface area contributed by atoms with Crippen LogP contribution in [0.1, 0.15) is 18.1 Å². The summed E-state index contributed by atoms with van der Waals surface area (Å²) in [5, 5.41) is 9.69. The molecule has 4 heteroatoms. The highest BCUT2D eigenvalue weighted by molar-refractivity contribution is 14.1. The van der Waals surface area contributed by atoms with Gasteiger partial charge in [-0.2, -0.15) is 0 Å². The molecule has 0 aliphatic carbocycles. The summed E-state index contributed by atoms with van der Waals surface area (Å²) in [6.45, 7) is 4.64. The van der Waals surface area contributed by atoms with Gasteiger partial charge in [0.05, 0.1) is 10.2 Å². The first-order chi connectivity index (χ1) is 7.11. The Hall–Kier alpha value is -0.000000000000000111. The molecule has 0 spiro atoms. The molecule has 0 aliphatic heterocycles. The van der Waals surface area contributed by atoms with Crippen molar-refractivity contribution < 1.29 is 9.84 Å². The molecule has 0 heterocycles. The molecular weight excluding hydrogens is 326 g/mol. The van der Waals surface area contributed by atoms with E-state index in [-0.39, 0.29) is 6.61 Å². The van der Waals surface area contributed by atoms with Gasteiger partial charge in [-0.25, -0.2) is 0 Å². The van der Waals surface area contributed by atoms with Gasteiger partial charge in [-0.15, -0.1) is 0 Å². The molecule has 1 N–H and O–H groups in total. The van der Waals surface area contributed by atoms with Crippen LogP contribution < -0.4 is 4.74 Å². The van der Waals surface area contributed by atoms with Crippen LogP contribution in [0.3, 0.4) is 0 Å². The van der Waals surface area contributed by atoms with E-state index in [1.54, 1.807) is 0 Å². The fourth-order valence-electron chi connectivity index (χ4n) is 1.35. The van der Waals surface area contributed by atoms with Crippen LogP contribution in [0.15, 0.2) is 6.07 Å². The predicted molar refractivity (Wildman–Crippen MR) is 70.9 cm³/mol. The van der Waals surface area contributed by atoms with E-state index in [9.17, 15) is 0 Å². The minimum Gasteiger partial charge on any atom is -0.492 e. The Morgan fingerprint density at radius 3 is 2.73 bits per heavy atom. The van der Waals surface area contributed by atoms with Crippen molar-refractivity contribution in [3.8, 4) is 5.75 Å². The second-order valence-electron chi connectivity index (χ2n) is 3.19. The van der Waals surface area contributed by atoms with Gasteiger partial charge in [0.2, 0.25) is 0 Å². The number of aliphatic hydroxyl groups is 1. The van der Waals surface area contributed by atoms with Crippen LogP contribution in [0.4, 0.5) is 0 Å². The van der Waals surface area contributed by atoms with E-state index in [4.69, 9.17) is 21.4 Å². The second-order valence-corrected chi connectivity index (χ2v) is 4.68. The van der Waals surface area contributed by atoms with Gasteiger partial charge in [0.25, 0.3) is 0 Å². The van der Waals surface area contributed by atoms with Gasteiger partial charge in [-0.05, 0) is 60.1 Å². The monoisotopic (exact) mass is 340 g/mol. The summed E-state index contributed by atoms with van der Waals surface area (Å²) in [4.78, 5) is 0. The van der Waals surface area contributed by atoms with E-state index in [1.165, 1.54) is 0 Å². The van der Waals surface area contributed by atoms with Crippen LogP contribution in [-0.2, 0) is 6.42 Å². The molecule has 1 aromatic carbocycles. The molecular formula is C11H14ClIO2. The lowest BCUT2D eigenvalue weighted by molar-refractivity contribution is 0.292. The van der Waals surface area contributed by atoms with E-state index >= 15 is 0 Å². The summed E-state index contributed by atoms with van der Waals surface area (Å²) in [6, 6.07) is 1.88. The number of ether oxygens (including phenoxy) is 1. The van der Waals surface area contributed by atoms with Crippen LogP contribution in [0.25, 0.3) is 0 Å². The number of halogens is 2. The summed E-state index contributed by atoms with van der Waals surface area (Å²) in [6.07, 6.45) is 0.575. The molecule has 0 unspecified atom stereocenters. The molecule has 0 aromatic heterocycles. The van der Waals surface area contributed by atoms with Crippen LogP contribution in [0.2, 0.25) is 5.02 Å². The molecule has 0 fully saturated rings. The number of rotatable bonds is 4. The molecule has 1 rings (SSSR count). The molecule has 0 bridgehead atoms. The molecule has 2 nitrogen and oxygen atoms in total. The summed E-state index contributed by atoms with van der Waals surface area (Å²) in [5.41, 5.74) is 2.00. The topological polar surface area (TPSA) is 29.5 Å². The molecule has 0 saturated carbocycles. The van der Waals surface area contributed by atoms with Crippen LogP contribution >= 0.6 is 34.2 Å². The minimum absolute atomic E-state index is 0.107. The standard InChI is InChI=1S/C11H14ClIO2/c1-3-15-11-8(4-5-14)6-9(12)7(2)10(11)13/h6,14H,3-5H2,1-2H3. The maximum atomic E-state index is 8.96. The van der Waals surface area contributed by atoms with Gasteiger partial charge in [0.15, 0.2) is 0 Å². The number of hydrogen-bond donors (Lipinski definition) is 1. The Bertz CT molecular complexity index is 353. The van der Waals surface area contributed by atoms with Gasteiger partial charge in [0, 0.05) is 11.6 Å². The number of benzene rings is 1. The van der Waals surface area contributed by atoms with Crippen molar-refractivity contribution in [1.29, 1.82) is 0 Å². The SMILES string of the molecule is CCOc1c(CCO)cc(Cl)c(C)c1I. The third kappa shape index (κ3) is 2.98. The smallest absolute Gasteiger partial charge is 0.136 e. The summed E-state index contributed by atoms with van der Waals surface area (Å²) >= 11 is 8.31. The van der Waals surface area contributed by atoms with Crippen molar-refractivity contribution in [2.75, 3.05) is 13.2 Å². The van der Waals surface area contributed by atoms with Gasteiger partial charge in [-0.3, -0.25) is 0 Å². The molecule has 15 heavy (non-hydrogen) atoms. The molecule has 0 aliphatic rings. The third-order valence-electron chi connectivity index (χ3n) is 2.15. The lowest BCUT2D eigenvalue weighted by Gasteiger charge is -2.14. The lowest BCUT2D eigenvalue weighted by Crippen LogP contribution is -2.03. The highest BCUT2D eigenvalue weighted by Gasteiger charge is 2.13. The van der Waals surface area contributed by atoms with Crippen LogP contribution in [-0.4, -0.2) is 18.3 Å². The summed E-state index contributed by atoms with van der Waals surface area (Å²) in [7, 11) is 0. The summed E-state index contributed by atoms with van der Waals surface area (Å²) in [5.74, 6) is 0.856. The van der Waals surface area contributed by atoms with Gasteiger partial charge < -0.3 is 9.84 Å². The van der Waals surface area contributed by atoms with E-state index in [0.717, 1.165) is 25.5 Å². The summed E-state index contributed by atoms with van der Waals surface area (Å²) < 4.78 is 6.61.